The number of aromatic amines is 1. The molecule has 88 valence electrons. The van der Waals surface area contributed by atoms with Gasteiger partial charge in [0.05, 0.1) is 0 Å². The van der Waals surface area contributed by atoms with E-state index in [1.807, 2.05) is 0 Å². The van der Waals surface area contributed by atoms with Crippen LogP contribution in [0.15, 0.2) is 24.3 Å². The van der Waals surface area contributed by atoms with Gasteiger partial charge in [0.2, 0.25) is 0 Å². The fourth-order valence-corrected chi connectivity index (χ4v) is 1.55. The Morgan fingerprint density at radius 2 is 1.94 bits per heavy atom. The predicted molar refractivity (Wildman–Crippen MR) is 58.4 cm³/mol. The number of aromatic carboxylic acids is 1. The number of carboxylic acids is 2. The Balaban J connectivity index is 2.51. The van der Waals surface area contributed by atoms with Crippen molar-refractivity contribution < 1.29 is 24.5 Å². The summed E-state index contributed by atoms with van der Waals surface area (Å²) in [4.78, 5) is 24.1. The van der Waals surface area contributed by atoms with E-state index in [0.717, 1.165) is 0 Å². The van der Waals surface area contributed by atoms with Crippen molar-refractivity contribution in [3.05, 3.63) is 30.0 Å². The van der Waals surface area contributed by atoms with Crippen molar-refractivity contribution >= 4 is 22.8 Å². The molecule has 0 aliphatic carbocycles. The van der Waals surface area contributed by atoms with Crippen molar-refractivity contribution in [1.82, 2.24) is 4.98 Å². The van der Waals surface area contributed by atoms with Crippen LogP contribution >= 0.6 is 0 Å². The molecule has 0 radical (unpaired) electrons. The van der Waals surface area contributed by atoms with Gasteiger partial charge in [-0.25, -0.2) is 9.59 Å². The molecule has 17 heavy (non-hydrogen) atoms. The highest BCUT2D eigenvalue weighted by atomic mass is 16.5. The Morgan fingerprint density at radius 1 is 1.24 bits per heavy atom. The van der Waals surface area contributed by atoms with Gasteiger partial charge in [0.15, 0.2) is 18.1 Å². The average molecular weight is 235 g/mol. The van der Waals surface area contributed by atoms with Crippen molar-refractivity contribution in [3.63, 3.8) is 0 Å². The zero-order chi connectivity index (χ0) is 12.4. The van der Waals surface area contributed by atoms with Crippen molar-refractivity contribution in [2.75, 3.05) is 6.61 Å². The molecular formula is C11H9NO5. The molecule has 3 N–H and O–H groups in total. The van der Waals surface area contributed by atoms with Gasteiger partial charge in [-0.2, -0.15) is 0 Å². The lowest BCUT2D eigenvalue weighted by atomic mass is 10.2. The van der Waals surface area contributed by atoms with Gasteiger partial charge < -0.3 is 19.9 Å². The number of rotatable bonds is 4. The molecular weight excluding hydrogens is 226 g/mol. The lowest BCUT2D eigenvalue weighted by molar-refractivity contribution is -0.139. The Bertz CT molecular complexity index is 587. The molecule has 0 amide bonds. The number of H-pyrrole nitrogens is 1. The number of hydrogen-bond acceptors (Lipinski definition) is 3. The Morgan fingerprint density at radius 3 is 2.59 bits per heavy atom. The van der Waals surface area contributed by atoms with E-state index in [-0.39, 0.29) is 11.4 Å². The van der Waals surface area contributed by atoms with Gasteiger partial charge >= 0.3 is 11.9 Å². The topological polar surface area (TPSA) is 99.6 Å². The summed E-state index contributed by atoms with van der Waals surface area (Å²) in [5.41, 5.74) is 0.442. The maximum absolute atomic E-state index is 11.0. The molecule has 1 aromatic heterocycles. The van der Waals surface area contributed by atoms with Crippen LogP contribution in [0, 0.1) is 0 Å². The first-order valence-electron chi connectivity index (χ1n) is 4.78. The molecule has 0 aliphatic heterocycles. The van der Waals surface area contributed by atoms with E-state index in [1.165, 1.54) is 0 Å². The van der Waals surface area contributed by atoms with Crippen LogP contribution < -0.4 is 4.74 Å². The second-order valence-corrected chi connectivity index (χ2v) is 3.36. The molecule has 0 spiro atoms. The second kappa shape index (κ2) is 4.17. The molecule has 0 fully saturated rings. The van der Waals surface area contributed by atoms with E-state index in [0.29, 0.717) is 10.9 Å². The number of aromatic nitrogens is 1. The fraction of sp³-hybridized carbons (Fsp3) is 0.0909. The average Bonchev–Trinajstić information content (AvgIpc) is 2.65. The van der Waals surface area contributed by atoms with Crippen LogP contribution in [0.5, 0.6) is 5.75 Å². The first-order chi connectivity index (χ1) is 8.09. The number of aliphatic carboxylic acids is 1. The Labute approximate surface area is 95.4 Å². The third-order valence-corrected chi connectivity index (χ3v) is 2.21. The Hall–Kier alpha value is -2.50. The monoisotopic (exact) mass is 235 g/mol. The van der Waals surface area contributed by atoms with Gasteiger partial charge in [-0.3, -0.25) is 0 Å². The molecule has 0 bridgehead atoms. The quantitative estimate of drug-likeness (QED) is 0.742. The molecule has 2 rings (SSSR count). The molecule has 1 aromatic carbocycles. The minimum absolute atomic E-state index is 0.0514. The number of para-hydroxylation sites is 1. The molecule has 6 nitrogen and oxygen atoms in total. The summed E-state index contributed by atoms with van der Waals surface area (Å²) in [5.74, 6) is -2.30. The molecule has 1 heterocycles. The van der Waals surface area contributed by atoms with Gasteiger partial charge in [0.25, 0.3) is 0 Å². The van der Waals surface area contributed by atoms with Crippen LogP contribution in [-0.2, 0) is 4.79 Å². The van der Waals surface area contributed by atoms with E-state index in [2.05, 4.69) is 4.98 Å². The summed E-state index contributed by atoms with van der Waals surface area (Å²) in [6, 6.07) is 6.81. The maximum atomic E-state index is 11.0. The number of hydrogen-bond donors (Lipinski definition) is 3. The van der Waals surface area contributed by atoms with Crippen LogP contribution in [0.3, 0.4) is 0 Å². The largest absolute Gasteiger partial charge is 0.479 e. The van der Waals surface area contributed by atoms with E-state index in [9.17, 15) is 9.59 Å². The van der Waals surface area contributed by atoms with Crippen molar-refractivity contribution in [3.8, 4) is 5.75 Å². The van der Waals surface area contributed by atoms with Gasteiger partial charge in [-0.1, -0.05) is 12.1 Å². The lowest BCUT2D eigenvalue weighted by Gasteiger charge is -2.02. The summed E-state index contributed by atoms with van der Waals surface area (Å²) in [6.45, 7) is -0.581. The number of benzene rings is 1. The minimum Gasteiger partial charge on any atom is -0.479 e. The van der Waals surface area contributed by atoms with Crippen molar-refractivity contribution in [1.29, 1.82) is 0 Å². The third kappa shape index (κ3) is 2.05. The summed E-state index contributed by atoms with van der Waals surface area (Å²) in [6.07, 6.45) is 0. The van der Waals surface area contributed by atoms with Crippen LogP contribution in [0.4, 0.5) is 0 Å². The van der Waals surface area contributed by atoms with Crippen LogP contribution in [0.2, 0.25) is 0 Å². The minimum atomic E-state index is -1.19. The normalized spacial score (nSPS) is 10.4. The highest BCUT2D eigenvalue weighted by Crippen LogP contribution is 2.29. The zero-order valence-corrected chi connectivity index (χ0v) is 8.64. The van der Waals surface area contributed by atoms with Crippen LogP contribution in [0.1, 0.15) is 10.5 Å². The molecule has 0 unspecified atom stereocenters. The lowest BCUT2D eigenvalue weighted by Crippen LogP contribution is -2.11. The first kappa shape index (κ1) is 11.0. The standard InChI is InChI=1S/C11H9NO5/c13-8(14)5-17-10-6-3-1-2-4-7(6)12-9(10)11(15)16/h1-4,12H,5H2,(H,13,14)(H,15,16). The molecule has 0 aliphatic rings. The Kier molecular flexibility index (Phi) is 2.70. The van der Waals surface area contributed by atoms with E-state index >= 15 is 0 Å². The van der Waals surface area contributed by atoms with E-state index in [4.69, 9.17) is 14.9 Å². The van der Waals surface area contributed by atoms with Gasteiger partial charge in [-0.05, 0) is 12.1 Å². The molecule has 0 saturated carbocycles. The number of carbonyl (C=O) groups is 2. The SMILES string of the molecule is O=C(O)COc1c(C(=O)O)[nH]c2ccccc12. The molecule has 2 aromatic rings. The number of nitrogens with one attached hydrogen (secondary N) is 1. The highest BCUT2D eigenvalue weighted by Gasteiger charge is 2.18. The summed E-state index contributed by atoms with van der Waals surface area (Å²) >= 11 is 0. The number of fused-ring (bicyclic) bond motifs is 1. The van der Waals surface area contributed by atoms with Gasteiger partial charge in [-0.15, -0.1) is 0 Å². The van der Waals surface area contributed by atoms with Crippen molar-refractivity contribution in [2.45, 2.75) is 0 Å². The van der Waals surface area contributed by atoms with Crippen LogP contribution in [-0.4, -0.2) is 33.7 Å². The predicted octanol–water partition coefficient (Wildman–Crippen LogP) is 1.33. The smallest absolute Gasteiger partial charge is 0.356 e. The van der Waals surface area contributed by atoms with E-state index < -0.39 is 18.5 Å². The second-order valence-electron chi connectivity index (χ2n) is 3.36. The summed E-state index contributed by atoms with van der Waals surface area (Å²) < 4.78 is 5.00. The van der Waals surface area contributed by atoms with E-state index in [1.54, 1.807) is 24.3 Å². The zero-order valence-electron chi connectivity index (χ0n) is 8.64. The molecule has 6 heteroatoms. The fourth-order valence-electron chi connectivity index (χ4n) is 1.55. The maximum Gasteiger partial charge on any atom is 0.356 e. The number of ether oxygens (including phenoxy) is 1. The highest BCUT2D eigenvalue weighted by molar-refractivity contribution is 6.00. The summed E-state index contributed by atoms with van der Waals surface area (Å²) in [7, 11) is 0. The van der Waals surface area contributed by atoms with Gasteiger partial charge in [0, 0.05) is 10.9 Å². The molecule has 0 saturated heterocycles. The third-order valence-electron chi connectivity index (χ3n) is 2.21. The van der Waals surface area contributed by atoms with Gasteiger partial charge in [0.1, 0.15) is 0 Å². The van der Waals surface area contributed by atoms with Crippen LogP contribution in [0.25, 0.3) is 10.9 Å². The van der Waals surface area contributed by atoms with Crippen molar-refractivity contribution in [2.24, 2.45) is 0 Å². The first-order valence-corrected chi connectivity index (χ1v) is 4.78. The molecule has 0 atom stereocenters. The summed E-state index contributed by atoms with van der Waals surface area (Å²) in [5, 5.41) is 18.1. The number of carboxylic acid groups (broad SMARTS) is 2.